The van der Waals surface area contributed by atoms with Crippen LogP contribution in [0.25, 0.3) is 0 Å². The zero-order chi connectivity index (χ0) is 13.6. The summed E-state index contributed by atoms with van der Waals surface area (Å²) in [6, 6.07) is 2.18. The molecular formula is C14H17Br2NOS. The van der Waals surface area contributed by atoms with Gasteiger partial charge in [-0.05, 0) is 81.9 Å². The van der Waals surface area contributed by atoms with Crippen molar-refractivity contribution in [2.75, 3.05) is 0 Å². The Labute approximate surface area is 134 Å². The summed E-state index contributed by atoms with van der Waals surface area (Å²) in [6.45, 7) is 2.17. The number of hydrogen-bond donors (Lipinski definition) is 1. The fraction of sp³-hybridized carbons (Fsp3) is 0.643. The zero-order valence-electron chi connectivity index (χ0n) is 10.8. The van der Waals surface area contributed by atoms with Crippen LogP contribution in [0.3, 0.4) is 0 Å². The van der Waals surface area contributed by atoms with E-state index in [1.807, 2.05) is 6.07 Å². The highest BCUT2D eigenvalue weighted by atomic mass is 79.9. The number of carbonyl (C=O) groups excluding carboxylic acids is 1. The van der Waals surface area contributed by atoms with Crippen molar-refractivity contribution in [2.24, 2.45) is 17.8 Å². The number of amides is 1. The summed E-state index contributed by atoms with van der Waals surface area (Å²) >= 11 is 8.34. The average molecular weight is 407 g/mol. The monoisotopic (exact) mass is 405 g/mol. The van der Waals surface area contributed by atoms with Gasteiger partial charge in [0.05, 0.1) is 8.66 Å². The van der Waals surface area contributed by atoms with Gasteiger partial charge in [0.25, 0.3) is 5.91 Å². The van der Waals surface area contributed by atoms with Gasteiger partial charge in [-0.1, -0.05) is 6.42 Å². The number of nitrogens with one attached hydrogen (secondary N) is 1. The molecule has 0 spiro atoms. The third-order valence-corrected chi connectivity index (χ3v) is 7.92. The van der Waals surface area contributed by atoms with Crippen molar-refractivity contribution in [3.63, 3.8) is 0 Å². The smallest absolute Gasteiger partial charge is 0.261 e. The first-order valence-electron chi connectivity index (χ1n) is 6.80. The minimum absolute atomic E-state index is 0.0617. The van der Waals surface area contributed by atoms with Gasteiger partial charge >= 0.3 is 0 Å². The molecule has 1 N–H and O–H groups in total. The van der Waals surface area contributed by atoms with E-state index in [2.05, 4.69) is 44.1 Å². The Morgan fingerprint density at radius 3 is 2.74 bits per heavy atom. The number of hydrogen-bond acceptors (Lipinski definition) is 2. The van der Waals surface area contributed by atoms with Crippen LogP contribution in [-0.4, -0.2) is 11.9 Å². The third kappa shape index (κ3) is 2.79. The van der Waals surface area contributed by atoms with Crippen LogP contribution in [0.15, 0.2) is 14.3 Å². The number of halogens is 2. The molecule has 2 nitrogen and oxygen atoms in total. The highest BCUT2D eigenvalue weighted by molar-refractivity contribution is 9.13. The predicted molar refractivity (Wildman–Crippen MR) is 85.6 cm³/mol. The summed E-state index contributed by atoms with van der Waals surface area (Å²) in [7, 11) is 0. The highest BCUT2D eigenvalue weighted by Gasteiger charge is 2.42. The van der Waals surface area contributed by atoms with E-state index >= 15 is 0 Å². The summed E-state index contributed by atoms with van der Waals surface area (Å²) in [5.74, 6) is 2.53. The fourth-order valence-electron chi connectivity index (χ4n) is 3.75. The topological polar surface area (TPSA) is 29.1 Å². The van der Waals surface area contributed by atoms with Gasteiger partial charge in [-0.15, -0.1) is 11.3 Å². The van der Waals surface area contributed by atoms with Crippen molar-refractivity contribution >= 4 is 49.1 Å². The molecule has 4 atom stereocenters. The molecule has 0 aromatic carbocycles. The van der Waals surface area contributed by atoms with Crippen molar-refractivity contribution in [3.05, 3.63) is 19.2 Å². The molecule has 2 aliphatic rings. The lowest BCUT2D eigenvalue weighted by atomic mass is 9.84. The van der Waals surface area contributed by atoms with Crippen LogP contribution >= 0.6 is 43.2 Å². The second kappa shape index (κ2) is 5.49. The number of rotatable bonds is 3. The maximum absolute atomic E-state index is 12.2. The van der Waals surface area contributed by atoms with Crippen LogP contribution in [0.2, 0.25) is 0 Å². The minimum Gasteiger partial charge on any atom is -0.349 e. The van der Waals surface area contributed by atoms with Gasteiger partial charge in [0.15, 0.2) is 0 Å². The molecule has 2 aliphatic carbocycles. The van der Waals surface area contributed by atoms with Gasteiger partial charge in [-0.3, -0.25) is 4.79 Å². The Hall–Kier alpha value is 0.130. The Balaban J connectivity index is 1.63. The lowest BCUT2D eigenvalue weighted by Gasteiger charge is -2.28. The minimum atomic E-state index is 0.0617. The lowest BCUT2D eigenvalue weighted by Crippen LogP contribution is -2.39. The summed E-state index contributed by atoms with van der Waals surface area (Å²) in [5, 5.41) is 3.19. The van der Waals surface area contributed by atoms with E-state index < -0.39 is 0 Å². The van der Waals surface area contributed by atoms with Crippen LogP contribution < -0.4 is 5.32 Å². The number of thiophene rings is 1. The largest absolute Gasteiger partial charge is 0.349 e. The Kier molecular flexibility index (Phi) is 4.07. The van der Waals surface area contributed by atoms with Gasteiger partial charge in [0.2, 0.25) is 0 Å². The van der Waals surface area contributed by atoms with Crippen molar-refractivity contribution in [2.45, 2.75) is 38.6 Å². The van der Waals surface area contributed by atoms with Gasteiger partial charge in [-0.2, -0.15) is 0 Å². The van der Waals surface area contributed by atoms with Crippen molar-refractivity contribution in [1.82, 2.24) is 5.32 Å². The summed E-state index contributed by atoms with van der Waals surface area (Å²) in [4.78, 5) is 13.0. The Bertz CT molecular complexity index is 482. The maximum Gasteiger partial charge on any atom is 0.261 e. The Morgan fingerprint density at radius 1 is 1.42 bits per heavy atom. The van der Waals surface area contributed by atoms with Crippen LogP contribution in [0.4, 0.5) is 0 Å². The number of fused-ring (bicyclic) bond motifs is 2. The number of carbonyl (C=O) groups is 1. The third-order valence-electron chi connectivity index (χ3n) is 4.66. The molecule has 0 radical (unpaired) electrons. The van der Waals surface area contributed by atoms with E-state index in [1.165, 1.54) is 37.0 Å². The van der Waals surface area contributed by atoms with Gasteiger partial charge in [0, 0.05) is 10.5 Å². The van der Waals surface area contributed by atoms with E-state index in [0.717, 1.165) is 25.0 Å². The van der Waals surface area contributed by atoms with E-state index in [4.69, 9.17) is 0 Å². The molecule has 3 rings (SSSR count). The van der Waals surface area contributed by atoms with Crippen molar-refractivity contribution in [3.8, 4) is 0 Å². The van der Waals surface area contributed by atoms with E-state index in [-0.39, 0.29) is 5.91 Å². The standard InChI is InChI=1S/C14H17Br2NOS/c1-7(10-5-8-2-3-9(10)4-8)17-14(18)12-6-11(15)13(16)19-12/h6-10H,2-5H2,1H3,(H,17,18)/t7-,8+,9+,10-/m1/s1. The molecule has 0 saturated heterocycles. The average Bonchev–Trinajstić information content (AvgIpc) is 3.06. The van der Waals surface area contributed by atoms with Gasteiger partial charge < -0.3 is 5.32 Å². The molecule has 0 aliphatic heterocycles. The summed E-state index contributed by atoms with van der Waals surface area (Å²) in [5.41, 5.74) is 0. The SMILES string of the molecule is C[C@@H](NC(=O)c1cc(Br)c(Br)s1)[C@H]1C[C@H]2CC[C@H]1C2. The lowest BCUT2D eigenvalue weighted by molar-refractivity contribution is 0.0919. The van der Waals surface area contributed by atoms with Crippen LogP contribution in [-0.2, 0) is 0 Å². The molecule has 1 aromatic heterocycles. The molecule has 0 unspecified atom stereocenters. The molecule has 5 heteroatoms. The first kappa shape index (κ1) is 14.1. The van der Waals surface area contributed by atoms with E-state index in [0.29, 0.717) is 12.0 Å². The van der Waals surface area contributed by atoms with E-state index in [1.54, 1.807) is 0 Å². The zero-order valence-corrected chi connectivity index (χ0v) is 14.8. The first-order chi connectivity index (χ1) is 9.04. The van der Waals surface area contributed by atoms with Crippen LogP contribution in [0.1, 0.15) is 42.3 Å². The normalized spacial score (nSPS) is 30.6. The molecule has 2 bridgehead atoms. The molecule has 1 aromatic rings. The maximum atomic E-state index is 12.2. The molecular weight excluding hydrogens is 390 g/mol. The second-order valence-corrected chi connectivity index (χ2v) is 9.06. The van der Waals surface area contributed by atoms with Crippen LogP contribution in [0, 0.1) is 17.8 Å². The van der Waals surface area contributed by atoms with E-state index in [9.17, 15) is 4.79 Å². The molecule has 104 valence electrons. The quantitative estimate of drug-likeness (QED) is 0.765. The first-order valence-corrected chi connectivity index (χ1v) is 9.20. The molecule has 1 amide bonds. The Morgan fingerprint density at radius 2 is 2.21 bits per heavy atom. The van der Waals surface area contributed by atoms with Crippen LogP contribution in [0.5, 0.6) is 0 Å². The van der Waals surface area contributed by atoms with Crippen molar-refractivity contribution < 1.29 is 4.79 Å². The molecule has 19 heavy (non-hydrogen) atoms. The fourth-order valence-corrected chi connectivity index (χ4v) is 5.69. The molecule has 2 saturated carbocycles. The summed E-state index contributed by atoms with van der Waals surface area (Å²) < 4.78 is 1.93. The molecule has 2 fully saturated rings. The predicted octanol–water partition coefficient (Wildman–Crippen LogP) is 4.83. The van der Waals surface area contributed by atoms with Gasteiger partial charge in [0.1, 0.15) is 0 Å². The summed E-state index contributed by atoms with van der Waals surface area (Å²) in [6.07, 6.45) is 5.48. The second-order valence-electron chi connectivity index (χ2n) is 5.83. The van der Waals surface area contributed by atoms with Crippen molar-refractivity contribution in [1.29, 1.82) is 0 Å². The highest BCUT2D eigenvalue weighted by Crippen LogP contribution is 2.49. The molecule has 1 heterocycles. The van der Waals surface area contributed by atoms with Gasteiger partial charge in [-0.25, -0.2) is 0 Å².